The van der Waals surface area contributed by atoms with Crippen LogP contribution in [0, 0.1) is 0 Å². The van der Waals surface area contributed by atoms with Gasteiger partial charge in [0.25, 0.3) is 0 Å². The molecule has 0 spiro atoms. The van der Waals surface area contributed by atoms with Gasteiger partial charge in [-0.15, -0.1) is 0 Å². The third kappa shape index (κ3) is 2.35. The Morgan fingerprint density at radius 3 is 2.78 bits per heavy atom. The van der Waals surface area contributed by atoms with Crippen molar-refractivity contribution in [3.05, 3.63) is 6.20 Å². The minimum atomic E-state index is -0.101. The van der Waals surface area contributed by atoms with Crippen LogP contribution in [0.1, 0.15) is 13.8 Å². The van der Waals surface area contributed by atoms with Gasteiger partial charge in [0.1, 0.15) is 12.0 Å². The standard InChI is InChI=1S/C11H18N6O/c1-11(2,17(3)4)6-18-9-7-5-13-16-8(7)14-10(12)15-9/h5H,6H2,1-4H3,(H3,12,13,14,15,16). The van der Waals surface area contributed by atoms with Gasteiger partial charge in [-0.25, -0.2) is 0 Å². The van der Waals surface area contributed by atoms with Crippen LogP contribution in [0.4, 0.5) is 5.95 Å². The van der Waals surface area contributed by atoms with E-state index < -0.39 is 0 Å². The summed E-state index contributed by atoms with van der Waals surface area (Å²) < 4.78 is 5.75. The van der Waals surface area contributed by atoms with Crippen molar-refractivity contribution >= 4 is 17.0 Å². The van der Waals surface area contributed by atoms with Gasteiger partial charge < -0.3 is 15.4 Å². The average Bonchev–Trinajstić information content (AvgIpc) is 2.73. The Balaban J connectivity index is 2.24. The Labute approximate surface area is 105 Å². The summed E-state index contributed by atoms with van der Waals surface area (Å²) in [6, 6.07) is 0. The first-order valence-corrected chi connectivity index (χ1v) is 5.67. The molecule has 0 atom stereocenters. The van der Waals surface area contributed by atoms with E-state index in [1.165, 1.54) is 0 Å². The first kappa shape index (κ1) is 12.6. The normalized spacial score (nSPS) is 12.3. The van der Waals surface area contributed by atoms with E-state index in [0.717, 1.165) is 5.39 Å². The van der Waals surface area contributed by atoms with E-state index in [2.05, 4.69) is 38.9 Å². The lowest BCUT2D eigenvalue weighted by Gasteiger charge is -2.31. The minimum Gasteiger partial charge on any atom is -0.475 e. The maximum absolute atomic E-state index is 5.75. The van der Waals surface area contributed by atoms with E-state index in [0.29, 0.717) is 18.1 Å². The predicted molar refractivity (Wildman–Crippen MR) is 69.4 cm³/mol. The quantitative estimate of drug-likeness (QED) is 0.827. The molecule has 18 heavy (non-hydrogen) atoms. The summed E-state index contributed by atoms with van der Waals surface area (Å²) in [5.74, 6) is 0.630. The van der Waals surface area contributed by atoms with Crippen LogP contribution in [0.15, 0.2) is 6.20 Å². The molecule has 2 aromatic heterocycles. The number of nitrogen functional groups attached to an aromatic ring is 1. The highest BCUT2D eigenvalue weighted by Gasteiger charge is 2.22. The summed E-state index contributed by atoms with van der Waals surface area (Å²) in [7, 11) is 4.01. The topological polar surface area (TPSA) is 93.0 Å². The van der Waals surface area contributed by atoms with Gasteiger partial charge in [0.2, 0.25) is 11.8 Å². The van der Waals surface area contributed by atoms with E-state index in [4.69, 9.17) is 10.5 Å². The van der Waals surface area contributed by atoms with E-state index in [1.807, 2.05) is 14.1 Å². The van der Waals surface area contributed by atoms with Crippen LogP contribution in [-0.2, 0) is 0 Å². The molecule has 0 aromatic carbocycles. The molecule has 2 heterocycles. The van der Waals surface area contributed by atoms with Crippen molar-refractivity contribution in [2.45, 2.75) is 19.4 Å². The highest BCUT2D eigenvalue weighted by Crippen LogP contribution is 2.22. The number of nitrogens with one attached hydrogen (secondary N) is 1. The molecular formula is C11H18N6O. The zero-order chi connectivity index (χ0) is 13.3. The molecule has 0 aliphatic rings. The molecule has 7 heteroatoms. The Kier molecular flexibility index (Phi) is 3.08. The van der Waals surface area contributed by atoms with E-state index in [-0.39, 0.29) is 11.5 Å². The van der Waals surface area contributed by atoms with Gasteiger partial charge in [0.05, 0.1) is 6.20 Å². The van der Waals surface area contributed by atoms with Crippen LogP contribution in [0.2, 0.25) is 0 Å². The summed E-state index contributed by atoms with van der Waals surface area (Å²) >= 11 is 0. The van der Waals surface area contributed by atoms with Crippen LogP contribution in [0.5, 0.6) is 5.88 Å². The van der Waals surface area contributed by atoms with Crippen LogP contribution >= 0.6 is 0 Å². The second-order valence-electron chi connectivity index (χ2n) is 5.01. The fourth-order valence-corrected chi connectivity index (χ4v) is 1.31. The molecule has 2 rings (SSSR count). The van der Waals surface area contributed by atoms with Crippen molar-refractivity contribution in [3.63, 3.8) is 0 Å². The lowest BCUT2D eigenvalue weighted by atomic mass is 10.1. The molecule has 0 bridgehead atoms. The fraction of sp³-hybridized carbons (Fsp3) is 0.545. The molecule has 0 aliphatic heterocycles. The molecule has 0 saturated carbocycles. The van der Waals surface area contributed by atoms with Crippen molar-refractivity contribution in [2.75, 3.05) is 26.4 Å². The number of ether oxygens (including phenoxy) is 1. The highest BCUT2D eigenvalue weighted by molar-refractivity contribution is 5.80. The van der Waals surface area contributed by atoms with Crippen LogP contribution in [-0.4, -0.2) is 51.3 Å². The molecule has 98 valence electrons. The molecule has 0 saturated heterocycles. The number of H-pyrrole nitrogens is 1. The summed E-state index contributed by atoms with van der Waals surface area (Å²) in [5.41, 5.74) is 6.10. The second-order valence-corrected chi connectivity index (χ2v) is 5.01. The lowest BCUT2D eigenvalue weighted by molar-refractivity contribution is 0.112. The monoisotopic (exact) mass is 250 g/mol. The third-order valence-corrected chi connectivity index (χ3v) is 3.06. The van der Waals surface area contributed by atoms with Crippen molar-refractivity contribution < 1.29 is 4.74 Å². The maximum Gasteiger partial charge on any atom is 0.229 e. The van der Waals surface area contributed by atoms with Crippen molar-refractivity contribution in [3.8, 4) is 5.88 Å². The molecule has 0 unspecified atom stereocenters. The van der Waals surface area contributed by atoms with Crippen molar-refractivity contribution in [1.29, 1.82) is 0 Å². The molecule has 0 amide bonds. The van der Waals surface area contributed by atoms with Crippen molar-refractivity contribution in [2.24, 2.45) is 0 Å². The number of hydrogen-bond donors (Lipinski definition) is 2. The zero-order valence-corrected chi connectivity index (χ0v) is 11.1. The number of hydrogen-bond acceptors (Lipinski definition) is 6. The van der Waals surface area contributed by atoms with E-state index in [9.17, 15) is 0 Å². The zero-order valence-electron chi connectivity index (χ0n) is 11.1. The first-order valence-electron chi connectivity index (χ1n) is 5.67. The van der Waals surface area contributed by atoms with Crippen LogP contribution in [0.3, 0.4) is 0 Å². The number of aromatic nitrogens is 4. The lowest BCUT2D eigenvalue weighted by Crippen LogP contribution is -2.43. The highest BCUT2D eigenvalue weighted by atomic mass is 16.5. The van der Waals surface area contributed by atoms with Gasteiger partial charge in [-0.05, 0) is 27.9 Å². The Morgan fingerprint density at radius 1 is 1.39 bits per heavy atom. The number of nitrogens with two attached hydrogens (primary N) is 1. The number of aromatic amines is 1. The molecule has 3 N–H and O–H groups in total. The Morgan fingerprint density at radius 2 is 2.11 bits per heavy atom. The summed E-state index contributed by atoms with van der Waals surface area (Å²) in [4.78, 5) is 10.2. The summed E-state index contributed by atoms with van der Waals surface area (Å²) in [6.45, 7) is 4.67. The van der Waals surface area contributed by atoms with Crippen LogP contribution < -0.4 is 10.5 Å². The molecular weight excluding hydrogens is 232 g/mol. The molecule has 7 nitrogen and oxygen atoms in total. The summed E-state index contributed by atoms with van der Waals surface area (Å²) in [5, 5.41) is 7.39. The molecule has 0 fully saturated rings. The van der Waals surface area contributed by atoms with Gasteiger partial charge in [0, 0.05) is 5.54 Å². The number of anilines is 1. The number of nitrogens with zero attached hydrogens (tertiary/aromatic N) is 4. The molecule has 2 aromatic rings. The largest absolute Gasteiger partial charge is 0.475 e. The number of rotatable bonds is 4. The smallest absolute Gasteiger partial charge is 0.229 e. The minimum absolute atomic E-state index is 0.101. The Hall–Kier alpha value is -1.89. The van der Waals surface area contributed by atoms with Gasteiger partial charge >= 0.3 is 0 Å². The van der Waals surface area contributed by atoms with Crippen molar-refractivity contribution in [1.82, 2.24) is 25.1 Å². The van der Waals surface area contributed by atoms with Gasteiger partial charge in [-0.3, -0.25) is 5.10 Å². The number of likely N-dealkylation sites (N-methyl/N-ethyl adjacent to an activating group) is 1. The predicted octanol–water partition coefficient (Wildman–Crippen LogP) is 0.654. The van der Waals surface area contributed by atoms with E-state index in [1.54, 1.807) is 6.20 Å². The van der Waals surface area contributed by atoms with Gasteiger partial charge in [-0.1, -0.05) is 0 Å². The second kappa shape index (κ2) is 4.41. The number of fused-ring (bicyclic) bond motifs is 1. The van der Waals surface area contributed by atoms with Crippen LogP contribution in [0.25, 0.3) is 11.0 Å². The first-order chi connectivity index (χ1) is 8.40. The summed E-state index contributed by atoms with van der Waals surface area (Å²) in [6.07, 6.45) is 1.63. The Bertz CT molecular complexity index is 547. The van der Waals surface area contributed by atoms with Gasteiger partial charge in [-0.2, -0.15) is 15.1 Å². The SMILES string of the molecule is CN(C)C(C)(C)COc1nc(N)nc2[nH]ncc12. The maximum atomic E-state index is 5.75. The van der Waals surface area contributed by atoms with E-state index >= 15 is 0 Å². The molecule has 0 radical (unpaired) electrons. The third-order valence-electron chi connectivity index (χ3n) is 3.06. The fourth-order valence-electron chi connectivity index (χ4n) is 1.31. The van der Waals surface area contributed by atoms with Gasteiger partial charge in [0.15, 0.2) is 5.65 Å². The molecule has 0 aliphatic carbocycles. The average molecular weight is 250 g/mol.